The molecule has 10 heteroatoms. The highest BCUT2D eigenvalue weighted by Crippen LogP contribution is 2.00. The summed E-state index contributed by atoms with van der Waals surface area (Å²) in [5.41, 5.74) is 0.961. The molecule has 3 aromatic heterocycles. The fourth-order valence-corrected chi connectivity index (χ4v) is 1.12. The summed E-state index contributed by atoms with van der Waals surface area (Å²) in [6, 6.07) is 9.81. The van der Waals surface area contributed by atoms with Crippen LogP contribution in [0.3, 0.4) is 0 Å². The van der Waals surface area contributed by atoms with Crippen molar-refractivity contribution in [1.82, 2.24) is 30.6 Å². The first-order valence-corrected chi connectivity index (χ1v) is 9.45. The summed E-state index contributed by atoms with van der Waals surface area (Å²) in [5.74, 6) is 0.116. The van der Waals surface area contributed by atoms with Gasteiger partial charge in [-0.15, -0.1) is 0 Å². The molecule has 10 nitrogen and oxygen atoms in total. The highest BCUT2D eigenvalue weighted by Gasteiger charge is 2.02. The van der Waals surface area contributed by atoms with E-state index in [4.69, 9.17) is 6.57 Å². The van der Waals surface area contributed by atoms with Gasteiger partial charge >= 0.3 is 5.82 Å². The molecule has 0 aromatic carbocycles. The number of rotatable bonds is 1. The van der Waals surface area contributed by atoms with E-state index in [1.807, 2.05) is 60.6 Å². The van der Waals surface area contributed by atoms with E-state index < -0.39 is 4.92 Å². The van der Waals surface area contributed by atoms with E-state index in [1.165, 1.54) is 24.5 Å². The molecule has 0 aliphatic carbocycles. The van der Waals surface area contributed by atoms with Crippen molar-refractivity contribution in [2.75, 3.05) is 0 Å². The lowest BCUT2D eigenvalue weighted by Gasteiger charge is -1.85. The predicted octanol–water partition coefficient (Wildman–Crippen LogP) is 5.28. The second-order valence-corrected chi connectivity index (χ2v) is 3.90. The van der Waals surface area contributed by atoms with Gasteiger partial charge in [0, 0.05) is 12.3 Å². The van der Waals surface area contributed by atoms with Crippen LogP contribution in [-0.4, -0.2) is 35.5 Å². The molecule has 0 aliphatic rings. The minimum absolute atomic E-state index is 0.225. The lowest BCUT2D eigenvalue weighted by atomic mass is 10.4. The molecular weight excluding hydrogens is 384 g/mol. The van der Waals surface area contributed by atoms with E-state index in [-0.39, 0.29) is 5.82 Å². The van der Waals surface area contributed by atoms with Crippen LogP contribution in [-0.2, 0) is 0 Å². The number of hydrogen-bond donors (Lipinski definition) is 0. The predicted molar refractivity (Wildman–Crippen MR) is 118 cm³/mol. The van der Waals surface area contributed by atoms with Gasteiger partial charge in [0.05, 0.1) is 23.2 Å². The average molecular weight is 415 g/mol. The lowest BCUT2D eigenvalue weighted by Crippen LogP contribution is -1.91. The molecule has 0 spiro atoms. The summed E-state index contributed by atoms with van der Waals surface area (Å²) in [7, 11) is 0. The Morgan fingerprint density at radius 2 is 1.27 bits per heavy atom. The normalized spacial score (nSPS) is 7.40. The molecule has 0 radical (unpaired) electrons. The van der Waals surface area contributed by atoms with Crippen LogP contribution in [0.1, 0.15) is 47.2 Å². The lowest BCUT2D eigenvalue weighted by molar-refractivity contribution is -0.390. The van der Waals surface area contributed by atoms with E-state index in [0.29, 0.717) is 5.82 Å². The molecule has 0 saturated heterocycles. The molecule has 3 rings (SSSR count). The Bertz CT molecular complexity index is 767. The fraction of sp³-hybridized carbons (Fsp3) is 0.350. The molecular formula is C20H30N8O2. The van der Waals surface area contributed by atoms with Gasteiger partial charge < -0.3 is 15.0 Å². The Morgan fingerprint density at radius 1 is 0.800 bits per heavy atom. The van der Waals surface area contributed by atoms with E-state index in [2.05, 4.69) is 35.4 Å². The van der Waals surface area contributed by atoms with E-state index in [9.17, 15) is 10.1 Å². The largest absolute Gasteiger partial charge is 0.390 e. The van der Waals surface area contributed by atoms with Crippen molar-refractivity contribution in [3.63, 3.8) is 0 Å². The van der Waals surface area contributed by atoms with Crippen molar-refractivity contribution in [2.45, 2.75) is 48.5 Å². The van der Waals surface area contributed by atoms with Gasteiger partial charge in [-0.3, -0.25) is 0 Å². The first kappa shape index (κ1) is 30.8. The summed E-state index contributed by atoms with van der Waals surface area (Å²) in [5, 5.41) is 30.8. The standard InChI is InChI=1S/C5H3N3.C5H6N2.C4H3N3O2.3C2H6/c1-6-5-3-2-4-7-8-5;1-5-3-2-4-6-7-5;8-7(9)4-2-1-3-5-6-4;3*1-2/h2-4H;2-4H,1H3;1-3H;3*1-2H3. The van der Waals surface area contributed by atoms with Crippen LogP contribution < -0.4 is 0 Å². The number of hydrogen-bond acceptors (Lipinski definition) is 8. The molecule has 0 fully saturated rings. The van der Waals surface area contributed by atoms with Gasteiger partial charge in [0.15, 0.2) is 0 Å². The Balaban J connectivity index is -0.000000325. The molecule has 0 unspecified atom stereocenters. The number of aryl methyl sites for hydroxylation is 1. The zero-order chi connectivity index (χ0) is 23.6. The highest BCUT2D eigenvalue weighted by atomic mass is 16.6. The van der Waals surface area contributed by atoms with Crippen molar-refractivity contribution >= 4 is 11.6 Å². The first-order valence-electron chi connectivity index (χ1n) is 9.45. The van der Waals surface area contributed by atoms with Crippen molar-refractivity contribution < 1.29 is 4.92 Å². The van der Waals surface area contributed by atoms with E-state index in [1.54, 1.807) is 18.3 Å². The number of nitro groups is 1. The van der Waals surface area contributed by atoms with Crippen LogP contribution in [0.5, 0.6) is 0 Å². The summed E-state index contributed by atoms with van der Waals surface area (Å²) >= 11 is 0. The first-order chi connectivity index (χ1) is 14.6. The van der Waals surface area contributed by atoms with Crippen LogP contribution in [0, 0.1) is 23.6 Å². The van der Waals surface area contributed by atoms with Gasteiger partial charge in [0.2, 0.25) is 0 Å². The van der Waals surface area contributed by atoms with Crippen molar-refractivity contribution in [3.8, 4) is 0 Å². The maximum absolute atomic E-state index is 9.90. The van der Waals surface area contributed by atoms with Gasteiger partial charge in [-0.2, -0.15) is 10.2 Å². The van der Waals surface area contributed by atoms with E-state index >= 15 is 0 Å². The van der Waals surface area contributed by atoms with E-state index in [0.717, 1.165) is 5.69 Å². The van der Waals surface area contributed by atoms with Gasteiger partial charge in [0.1, 0.15) is 0 Å². The third-order valence-corrected chi connectivity index (χ3v) is 2.12. The SMILES string of the molecule is CC.CC.CC.Cc1cccnn1.O=[N+]([O-])c1cccnn1.[C-]#[N+]c1cccnn1. The third kappa shape index (κ3) is 18.9. The van der Waals surface area contributed by atoms with Crippen LogP contribution in [0.2, 0.25) is 0 Å². The van der Waals surface area contributed by atoms with Crippen molar-refractivity contribution in [1.29, 1.82) is 0 Å². The Morgan fingerprint density at radius 3 is 1.47 bits per heavy atom. The van der Waals surface area contributed by atoms with Gasteiger partial charge in [0.25, 0.3) is 5.82 Å². The molecule has 0 N–H and O–H groups in total. The topological polar surface area (TPSA) is 125 Å². The van der Waals surface area contributed by atoms with Crippen LogP contribution in [0.15, 0.2) is 55.0 Å². The van der Waals surface area contributed by atoms with Crippen LogP contribution in [0.25, 0.3) is 4.85 Å². The number of nitrogens with zero attached hydrogens (tertiary/aromatic N) is 8. The molecule has 3 heterocycles. The Labute approximate surface area is 178 Å². The third-order valence-electron chi connectivity index (χ3n) is 2.12. The second kappa shape index (κ2) is 25.1. The smallest absolute Gasteiger partial charge is 0.359 e. The highest BCUT2D eigenvalue weighted by molar-refractivity contribution is 5.31. The molecule has 0 bridgehead atoms. The Kier molecular flexibility index (Phi) is 25.8. The maximum atomic E-state index is 9.90. The zero-order valence-electron chi connectivity index (χ0n) is 18.6. The minimum atomic E-state index is -0.590. The monoisotopic (exact) mass is 414 g/mol. The molecule has 30 heavy (non-hydrogen) atoms. The zero-order valence-corrected chi connectivity index (χ0v) is 18.6. The summed E-state index contributed by atoms with van der Waals surface area (Å²) in [6.45, 7) is 20.4. The fourth-order valence-electron chi connectivity index (χ4n) is 1.12. The molecule has 0 aliphatic heterocycles. The second-order valence-electron chi connectivity index (χ2n) is 3.90. The molecule has 0 amide bonds. The summed E-state index contributed by atoms with van der Waals surface area (Å²) in [4.78, 5) is 12.4. The molecule has 162 valence electrons. The molecule has 0 saturated carbocycles. The molecule has 3 aromatic rings. The van der Waals surface area contributed by atoms with Gasteiger partial charge in [-0.25, -0.2) is 0 Å². The summed E-state index contributed by atoms with van der Waals surface area (Å²) in [6.07, 6.45) is 4.58. The van der Waals surface area contributed by atoms with Crippen molar-refractivity contribution in [3.05, 3.63) is 82.2 Å². The van der Waals surface area contributed by atoms with Crippen molar-refractivity contribution in [2.24, 2.45) is 0 Å². The number of aromatic nitrogens is 6. The Hall–Kier alpha value is -3.87. The summed E-state index contributed by atoms with van der Waals surface area (Å²) < 4.78 is 0. The molecule has 0 atom stereocenters. The maximum Gasteiger partial charge on any atom is 0.390 e. The van der Waals surface area contributed by atoms with Crippen LogP contribution in [0.4, 0.5) is 11.6 Å². The van der Waals surface area contributed by atoms with Gasteiger partial charge in [-0.05, 0) is 52.4 Å². The van der Waals surface area contributed by atoms with Gasteiger partial charge in [-0.1, -0.05) is 53.2 Å². The average Bonchev–Trinajstić information content (AvgIpc) is 2.85. The quantitative estimate of drug-likeness (QED) is 0.299. The van der Waals surface area contributed by atoms with Crippen LogP contribution >= 0.6 is 0 Å². The minimum Gasteiger partial charge on any atom is -0.359 e.